The third-order valence-electron chi connectivity index (χ3n) is 1.85. The monoisotopic (exact) mass is 280 g/mol. The van der Waals surface area contributed by atoms with Crippen LogP contribution in [0, 0.1) is 0 Å². The van der Waals surface area contributed by atoms with E-state index in [0.717, 1.165) is 0 Å². The fourth-order valence-electron chi connectivity index (χ4n) is 0.864. The minimum Gasteiger partial charge on any atom is -0.547 e. The summed E-state index contributed by atoms with van der Waals surface area (Å²) in [6, 6.07) is 0. The van der Waals surface area contributed by atoms with E-state index in [4.69, 9.17) is 30.6 Å². The minimum absolute atomic E-state index is 0. The van der Waals surface area contributed by atoms with Crippen molar-refractivity contribution in [1.29, 1.82) is 0 Å². The van der Waals surface area contributed by atoms with Crippen molar-refractivity contribution in [3.05, 3.63) is 0 Å². The molecule has 0 amide bonds. The van der Waals surface area contributed by atoms with Crippen LogP contribution >= 0.6 is 0 Å². The van der Waals surface area contributed by atoms with E-state index < -0.39 is 43.1 Å². The smallest absolute Gasteiger partial charge is 0.547 e. The number of carboxylic acids is 1. The number of hydrogen-bond acceptors (Lipinski definition) is 8. The summed E-state index contributed by atoms with van der Waals surface area (Å²) in [4.78, 5) is 10.1. The van der Waals surface area contributed by atoms with Crippen LogP contribution < -0.4 is 5.11 Å². The molecule has 5 atom stereocenters. The molecule has 0 aliphatic heterocycles. The van der Waals surface area contributed by atoms with Crippen LogP contribution in [-0.2, 0) is 21.9 Å². The summed E-state index contributed by atoms with van der Waals surface area (Å²) in [7, 11) is 0. The number of aliphatic hydroxyl groups excluding tert-OH is 6. The molecule has 0 saturated heterocycles. The first-order valence-electron chi connectivity index (χ1n) is 4.05. The van der Waals surface area contributed by atoms with Gasteiger partial charge in [-0.15, -0.1) is 0 Å². The molecule has 6 N–H and O–H groups in total. The van der Waals surface area contributed by atoms with Crippen molar-refractivity contribution in [2.75, 3.05) is 6.61 Å². The zero-order valence-electron chi connectivity index (χ0n) is 7.97. The number of carbonyl (C=O) groups excluding carboxylic acids is 1. The summed E-state index contributed by atoms with van der Waals surface area (Å²) < 4.78 is 0. The zero-order chi connectivity index (χ0) is 12.2. The largest absolute Gasteiger partial charge is 2.00 e. The maximum atomic E-state index is 10.1. The predicted molar refractivity (Wildman–Crippen MR) is 42.1 cm³/mol. The maximum absolute atomic E-state index is 10.1. The fraction of sp³-hybridized carbons (Fsp3) is 0.857. The summed E-state index contributed by atoms with van der Waals surface area (Å²) in [5, 5.41) is 63.2. The van der Waals surface area contributed by atoms with Crippen LogP contribution in [0.1, 0.15) is 0 Å². The van der Waals surface area contributed by atoms with Crippen LogP contribution in [0.4, 0.5) is 0 Å². The van der Waals surface area contributed by atoms with Crippen LogP contribution in [0.2, 0.25) is 0 Å². The number of carboxylic acid groups (broad SMARTS) is 1. The maximum Gasteiger partial charge on any atom is 2.00 e. The molecule has 0 rings (SSSR count). The van der Waals surface area contributed by atoms with Crippen molar-refractivity contribution in [2.45, 2.75) is 30.5 Å². The second-order valence-electron chi connectivity index (χ2n) is 2.99. The van der Waals surface area contributed by atoms with Gasteiger partial charge in [-0.3, -0.25) is 0 Å². The van der Waals surface area contributed by atoms with Crippen molar-refractivity contribution in [1.82, 2.24) is 0 Å². The summed E-state index contributed by atoms with van der Waals surface area (Å²) in [6.45, 7) is -0.896. The van der Waals surface area contributed by atoms with E-state index in [9.17, 15) is 9.90 Å². The SMILES string of the molecule is O=C([O-])[C@@H](O)[C@H](O)[C@@H](O)[C@H](O)[C@H](O)CO.[Mn+2]. The van der Waals surface area contributed by atoms with E-state index in [1.165, 1.54) is 0 Å². The molecule has 9 heteroatoms. The van der Waals surface area contributed by atoms with Crippen molar-refractivity contribution < 1.29 is 57.6 Å². The Bertz CT molecular complexity index is 213. The first-order chi connectivity index (χ1) is 6.82. The molecule has 0 aliphatic rings. The standard InChI is InChI=1S/C7H14O8.Mn/c8-1-2(9)3(10)4(11)5(12)6(13)7(14)15;/h2-6,8-13H,1H2,(H,14,15);/q;+2/p-1/t2-,3-,4+,5-,6+;/m1./s1. The Hall–Kier alpha value is -0.251. The Kier molecular flexibility index (Phi) is 8.98. The first-order valence-corrected chi connectivity index (χ1v) is 4.05. The Morgan fingerprint density at radius 3 is 1.75 bits per heavy atom. The first kappa shape index (κ1) is 18.1. The summed E-state index contributed by atoms with van der Waals surface area (Å²) in [5.41, 5.74) is 0. The van der Waals surface area contributed by atoms with Crippen molar-refractivity contribution in [3.8, 4) is 0 Å². The van der Waals surface area contributed by atoms with Gasteiger partial charge < -0.3 is 40.5 Å². The van der Waals surface area contributed by atoms with E-state index in [2.05, 4.69) is 0 Å². The van der Waals surface area contributed by atoms with Gasteiger partial charge in [0.25, 0.3) is 0 Å². The average molecular weight is 280 g/mol. The Balaban J connectivity index is 0. The molecular formula is C7H13MnO8+. The van der Waals surface area contributed by atoms with E-state index in [0.29, 0.717) is 0 Å². The third kappa shape index (κ3) is 4.72. The molecular weight excluding hydrogens is 267 g/mol. The zero-order valence-corrected chi connectivity index (χ0v) is 9.15. The van der Waals surface area contributed by atoms with E-state index in [1.54, 1.807) is 0 Å². The molecule has 0 unspecified atom stereocenters. The normalized spacial score (nSPS) is 20.1. The number of hydrogen-bond donors (Lipinski definition) is 6. The number of aliphatic hydroxyl groups is 6. The topological polar surface area (TPSA) is 162 Å². The minimum atomic E-state index is -2.40. The van der Waals surface area contributed by atoms with E-state index in [-0.39, 0.29) is 17.1 Å². The molecule has 0 saturated carbocycles. The second kappa shape index (κ2) is 7.93. The van der Waals surface area contributed by atoms with Gasteiger partial charge in [0.2, 0.25) is 0 Å². The summed E-state index contributed by atoms with van der Waals surface area (Å²) in [5.74, 6) is -2.03. The number of carbonyl (C=O) groups is 1. The van der Waals surface area contributed by atoms with Crippen LogP contribution in [0.15, 0.2) is 0 Å². The quantitative estimate of drug-likeness (QED) is 0.262. The van der Waals surface area contributed by atoms with Gasteiger partial charge in [0.15, 0.2) is 0 Å². The fourth-order valence-corrected chi connectivity index (χ4v) is 0.864. The molecule has 8 nitrogen and oxygen atoms in total. The van der Waals surface area contributed by atoms with E-state index in [1.807, 2.05) is 0 Å². The van der Waals surface area contributed by atoms with Gasteiger partial charge in [-0.25, -0.2) is 0 Å². The molecule has 0 spiro atoms. The molecule has 0 aromatic carbocycles. The number of rotatable bonds is 6. The van der Waals surface area contributed by atoms with Crippen LogP contribution in [0.25, 0.3) is 0 Å². The molecule has 0 aromatic heterocycles. The Morgan fingerprint density at radius 1 is 1.00 bits per heavy atom. The van der Waals surface area contributed by atoms with Crippen LogP contribution in [0.5, 0.6) is 0 Å². The third-order valence-corrected chi connectivity index (χ3v) is 1.85. The molecule has 0 aromatic rings. The summed E-state index contributed by atoms with van der Waals surface area (Å²) in [6.07, 6.45) is -10.5. The molecule has 0 aliphatic carbocycles. The van der Waals surface area contributed by atoms with Gasteiger partial charge >= 0.3 is 17.1 Å². The van der Waals surface area contributed by atoms with Crippen molar-refractivity contribution in [3.63, 3.8) is 0 Å². The average Bonchev–Trinajstić information content (AvgIpc) is 2.23. The Morgan fingerprint density at radius 2 is 1.44 bits per heavy atom. The molecule has 0 fully saturated rings. The predicted octanol–water partition coefficient (Wildman–Crippen LogP) is -5.47. The second-order valence-corrected chi connectivity index (χ2v) is 2.99. The molecule has 1 radical (unpaired) electrons. The Labute approximate surface area is 101 Å². The number of aliphatic carboxylic acids is 1. The van der Waals surface area contributed by atoms with Gasteiger partial charge in [-0.1, -0.05) is 0 Å². The summed E-state index contributed by atoms with van der Waals surface area (Å²) >= 11 is 0. The molecule has 95 valence electrons. The van der Waals surface area contributed by atoms with E-state index >= 15 is 0 Å². The molecule has 16 heavy (non-hydrogen) atoms. The van der Waals surface area contributed by atoms with Crippen molar-refractivity contribution in [2.24, 2.45) is 0 Å². The van der Waals surface area contributed by atoms with Gasteiger partial charge in [-0.05, 0) is 0 Å². The van der Waals surface area contributed by atoms with Crippen LogP contribution in [-0.4, -0.2) is 73.7 Å². The van der Waals surface area contributed by atoms with Gasteiger partial charge in [0, 0.05) is 0 Å². The van der Waals surface area contributed by atoms with Crippen LogP contribution in [0.3, 0.4) is 0 Å². The molecule has 0 bridgehead atoms. The van der Waals surface area contributed by atoms with Gasteiger partial charge in [-0.2, -0.15) is 0 Å². The molecule has 0 heterocycles. The van der Waals surface area contributed by atoms with Gasteiger partial charge in [0.05, 0.1) is 12.6 Å². The van der Waals surface area contributed by atoms with Crippen molar-refractivity contribution >= 4 is 5.97 Å². The van der Waals surface area contributed by atoms with Gasteiger partial charge in [0.1, 0.15) is 30.5 Å².